The largest absolute Gasteiger partial charge is 0.502 e. The average Bonchev–Trinajstić information content (AvgIpc) is 2.69. The lowest BCUT2D eigenvalue weighted by Gasteiger charge is -2.19. The number of nitrogens with one attached hydrogen (secondary N) is 1. The molecule has 0 aliphatic carbocycles. The minimum absolute atomic E-state index is 0.189. The Morgan fingerprint density at radius 2 is 1.37 bits per heavy atom. The molecule has 3 N–H and O–H groups in total. The number of amides is 1. The molecule has 1 amide bonds. The van der Waals surface area contributed by atoms with Gasteiger partial charge in [-0.1, -0.05) is 24.3 Å². The highest BCUT2D eigenvalue weighted by Crippen LogP contribution is 2.27. The highest BCUT2D eigenvalue weighted by Gasteiger charge is 2.16. The van der Waals surface area contributed by atoms with E-state index in [0.29, 0.717) is 17.6 Å². The van der Waals surface area contributed by atoms with Crippen molar-refractivity contribution in [2.75, 3.05) is 20.8 Å². The van der Waals surface area contributed by atoms with Gasteiger partial charge in [-0.25, -0.2) is 4.79 Å². The summed E-state index contributed by atoms with van der Waals surface area (Å²) in [7, 11) is 3.16. The lowest BCUT2D eigenvalue weighted by molar-refractivity contribution is -0.136. The molecule has 0 atom stereocenters. The number of benzene rings is 2. The van der Waals surface area contributed by atoms with Crippen LogP contribution >= 0.6 is 0 Å². The second kappa shape index (κ2) is 9.28. The molecule has 0 aromatic heterocycles. The van der Waals surface area contributed by atoms with Crippen LogP contribution < -0.4 is 14.8 Å². The van der Waals surface area contributed by atoms with Gasteiger partial charge in [-0.3, -0.25) is 4.79 Å². The second-order valence-electron chi connectivity index (χ2n) is 5.68. The summed E-state index contributed by atoms with van der Waals surface area (Å²) in [6.45, 7) is 0.209. The molecule has 2 aromatic carbocycles. The SMILES string of the molecule is COc1ccc(C(CNC(=O)/C=C(\O)C(=O)O)c2ccc(OC)cc2)cc1. The maximum absolute atomic E-state index is 11.9. The second-order valence-corrected chi connectivity index (χ2v) is 5.68. The van der Waals surface area contributed by atoms with Crippen molar-refractivity contribution in [3.8, 4) is 11.5 Å². The molecule has 2 rings (SSSR count). The number of aliphatic hydroxyl groups is 1. The maximum atomic E-state index is 11.9. The quantitative estimate of drug-likeness (QED) is 0.486. The number of ether oxygens (including phenoxy) is 2. The molecule has 0 radical (unpaired) electrons. The number of hydrogen-bond donors (Lipinski definition) is 3. The van der Waals surface area contributed by atoms with Crippen molar-refractivity contribution in [3.05, 3.63) is 71.5 Å². The molecule has 2 aromatic rings. The van der Waals surface area contributed by atoms with Crippen molar-refractivity contribution in [1.29, 1.82) is 0 Å². The molecule has 0 fully saturated rings. The Balaban J connectivity index is 2.24. The van der Waals surface area contributed by atoms with Crippen LogP contribution in [0, 0.1) is 0 Å². The van der Waals surface area contributed by atoms with Crippen molar-refractivity contribution in [3.63, 3.8) is 0 Å². The molecule has 7 heteroatoms. The van der Waals surface area contributed by atoms with Crippen molar-refractivity contribution < 1.29 is 29.3 Å². The Labute approximate surface area is 156 Å². The maximum Gasteiger partial charge on any atom is 0.371 e. The van der Waals surface area contributed by atoms with Gasteiger partial charge in [-0.2, -0.15) is 0 Å². The van der Waals surface area contributed by atoms with E-state index in [9.17, 15) is 14.7 Å². The van der Waals surface area contributed by atoms with E-state index in [1.165, 1.54) is 0 Å². The van der Waals surface area contributed by atoms with Gasteiger partial charge in [-0.15, -0.1) is 0 Å². The van der Waals surface area contributed by atoms with Crippen LogP contribution in [0.3, 0.4) is 0 Å². The molecule has 0 unspecified atom stereocenters. The predicted octanol–water partition coefficient (Wildman–Crippen LogP) is 2.48. The van der Waals surface area contributed by atoms with Gasteiger partial charge in [-0.05, 0) is 35.4 Å². The number of aliphatic carboxylic acids is 1. The summed E-state index contributed by atoms with van der Waals surface area (Å²) in [5.41, 5.74) is 1.88. The molecule has 0 aliphatic heterocycles. The van der Waals surface area contributed by atoms with Crippen LogP contribution in [0.1, 0.15) is 17.0 Å². The van der Waals surface area contributed by atoms with Gasteiger partial charge in [0.25, 0.3) is 0 Å². The normalized spacial score (nSPS) is 11.1. The smallest absolute Gasteiger partial charge is 0.371 e. The summed E-state index contributed by atoms with van der Waals surface area (Å²) < 4.78 is 10.3. The Morgan fingerprint density at radius 1 is 0.926 bits per heavy atom. The van der Waals surface area contributed by atoms with Gasteiger partial charge in [0.2, 0.25) is 11.7 Å². The van der Waals surface area contributed by atoms with E-state index in [0.717, 1.165) is 11.1 Å². The fourth-order valence-corrected chi connectivity index (χ4v) is 2.54. The Morgan fingerprint density at radius 3 is 1.74 bits per heavy atom. The molecule has 7 nitrogen and oxygen atoms in total. The van der Waals surface area contributed by atoms with Gasteiger partial charge in [0, 0.05) is 12.5 Å². The van der Waals surface area contributed by atoms with Gasteiger partial charge in [0.1, 0.15) is 11.5 Å². The number of carbonyl (C=O) groups excluding carboxylic acids is 1. The lowest BCUT2D eigenvalue weighted by atomic mass is 9.91. The highest BCUT2D eigenvalue weighted by atomic mass is 16.5. The predicted molar refractivity (Wildman–Crippen MR) is 99.2 cm³/mol. The van der Waals surface area contributed by atoms with Crippen LogP contribution in [-0.4, -0.2) is 42.9 Å². The number of rotatable bonds is 8. The summed E-state index contributed by atoms with van der Waals surface area (Å²) in [5.74, 6) is -2.03. The molecule has 0 heterocycles. The molecule has 0 aliphatic rings. The van der Waals surface area contributed by atoms with Crippen LogP contribution in [0.5, 0.6) is 11.5 Å². The first kappa shape index (κ1) is 19.8. The summed E-state index contributed by atoms with van der Waals surface area (Å²) in [6.07, 6.45) is 0.640. The zero-order valence-electron chi connectivity index (χ0n) is 15.0. The Bertz CT molecular complexity index is 764. The monoisotopic (exact) mass is 371 g/mol. The van der Waals surface area contributed by atoms with E-state index in [4.69, 9.17) is 14.6 Å². The fourth-order valence-electron chi connectivity index (χ4n) is 2.54. The third kappa shape index (κ3) is 5.50. The number of carboxylic acid groups (broad SMARTS) is 1. The summed E-state index contributed by atoms with van der Waals surface area (Å²) in [6, 6.07) is 14.9. The van der Waals surface area contributed by atoms with E-state index in [1.807, 2.05) is 48.5 Å². The lowest BCUT2D eigenvalue weighted by Crippen LogP contribution is -2.28. The first-order valence-electron chi connectivity index (χ1n) is 8.14. The molecule has 0 saturated carbocycles. The molecule has 0 saturated heterocycles. The summed E-state index contributed by atoms with van der Waals surface area (Å²) in [5, 5.41) is 20.4. The minimum Gasteiger partial charge on any atom is -0.502 e. The van der Waals surface area contributed by atoms with Crippen molar-refractivity contribution in [2.45, 2.75) is 5.92 Å². The standard InChI is InChI=1S/C20H21NO6/c1-26-15-7-3-13(4-8-15)17(14-5-9-16(27-2)10-6-14)12-21-19(23)11-18(22)20(24)25/h3-11,17,22H,12H2,1-2H3,(H,21,23)(H,24,25)/b18-11-. The van der Waals surface area contributed by atoms with Gasteiger partial charge < -0.3 is 25.0 Å². The van der Waals surface area contributed by atoms with Gasteiger partial charge in [0.15, 0.2) is 0 Å². The Hall–Kier alpha value is -3.48. The van der Waals surface area contributed by atoms with Crippen LogP contribution in [0.25, 0.3) is 0 Å². The minimum atomic E-state index is -1.56. The number of methoxy groups -OCH3 is 2. The molecule has 27 heavy (non-hydrogen) atoms. The van der Waals surface area contributed by atoms with E-state index in [-0.39, 0.29) is 12.5 Å². The molecular formula is C20H21NO6. The number of aliphatic hydroxyl groups excluding tert-OH is 1. The zero-order valence-corrected chi connectivity index (χ0v) is 15.0. The first-order valence-corrected chi connectivity index (χ1v) is 8.14. The highest BCUT2D eigenvalue weighted by molar-refractivity contribution is 5.96. The van der Waals surface area contributed by atoms with Crippen LogP contribution in [0.15, 0.2) is 60.4 Å². The van der Waals surface area contributed by atoms with Gasteiger partial charge >= 0.3 is 5.97 Å². The average molecular weight is 371 g/mol. The van der Waals surface area contributed by atoms with Crippen LogP contribution in [0.4, 0.5) is 0 Å². The first-order chi connectivity index (χ1) is 12.9. The van der Waals surface area contributed by atoms with E-state index in [2.05, 4.69) is 5.32 Å². The van der Waals surface area contributed by atoms with Crippen molar-refractivity contribution >= 4 is 11.9 Å². The van der Waals surface area contributed by atoms with Crippen LogP contribution in [-0.2, 0) is 9.59 Å². The summed E-state index contributed by atoms with van der Waals surface area (Å²) >= 11 is 0. The number of carboxylic acids is 1. The summed E-state index contributed by atoms with van der Waals surface area (Å²) in [4.78, 5) is 22.5. The Kier molecular flexibility index (Phi) is 6.82. The van der Waals surface area contributed by atoms with E-state index < -0.39 is 17.6 Å². The van der Waals surface area contributed by atoms with E-state index in [1.54, 1.807) is 14.2 Å². The zero-order chi connectivity index (χ0) is 19.8. The topological polar surface area (TPSA) is 105 Å². The molecule has 142 valence electrons. The number of hydrogen-bond acceptors (Lipinski definition) is 5. The fraction of sp³-hybridized carbons (Fsp3) is 0.200. The molecule has 0 spiro atoms. The van der Waals surface area contributed by atoms with Crippen molar-refractivity contribution in [2.24, 2.45) is 0 Å². The third-order valence-electron chi connectivity index (χ3n) is 4.00. The van der Waals surface area contributed by atoms with E-state index >= 15 is 0 Å². The van der Waals surface area contributed by atoms with Crippen molar-refractivity contribution in [1.82, 2.24) is 5.32 Å². The molecule has 0 bridgehead atoms. The number of carbonyl (C=O) groups is 2. The third-order valence-corrected chi connectivity index (χ3v) is 4.00. The van der Waals surface area contributed by atoms with Crippen LogP contribution in [0.2, 0.25) is 0 Å². The van der Waals surface area contributed by atoms with Gasteiger partial charge in [0.05, 0.1) is 20.3 Å². The molecular weight excluding hydrogens is 350 g/mol.